The second-order valence-corrected chi connectivity index (χ2v) is 4.70. The van der Waals surface area contributed by atoms with E-state index in [1.165, 1.54) is 12.1 Å². The second-order valence-electron chi connectivity index (χ2n) is 4.70. The molecule has 0 bridgehead atoms. The van der Waals surface area contributed by atoms with Crippen LogP contribution in [0.25, 0.3) is 0 Å². The maximum atomic E-state index is 12.3. The zero-order chi connectivity index (χ0) is 13.1. The van der Waals surface area contributed by atoms with Gasteiger partial charge in [-0.3, -0.25) is 9.59 Å². The lowest BCUT2D eigenvalue weighted by Gasteiger charge is -2.22. The highest BCUT2D eigenvalue weighted by Crippen LogP contribution is 2.09. The molecule has 1 saturated heterocycles. The molecule has 0 aromatic carbocycles. The Morgan fingerprint density at radius 2 is 2.28 bits per heavy atom. The van der Waals surface area contributed by atoms with Crippen LogP contribution in [0, 0.1) is 6.92 Å². The molecule has 5 nitrogen and oxygen atoms in total. The van der Waals surface area contributed by atoms with Crippen LogP contribution in [0.1, 0.15) is 29.5 Å². The van der Waals surface area contributed by atoms with Gasteiger partial charge in [0.2, 0.25) is 0 Å². The van der Waals surface area contributed by atoms with Crippen molar-refractivity contribution in [3.05, 3.63) is 33.7 Å². The number of carbonyl (C=O) groups is 1. The van der Waals surface area contributed by atoms with Gasteiger partial charge in [-0.25, -0.2) is 0 Å². The SMILES string of the molecule is Cc1cc(=O)cc(C(=O)N2CCCO[C@H](C)C2)[nH]1. The average Bonchev–Trinajstić information content (AvgIpc) is 2.51. The summed E-state index contributed by atoms with van der Waals surface area (Å²) in [6, 6.07) is 2.83. The van der Waals surface area contributed by atoms with Gasteiger partial charge >= 0.3 is 0 Å². The van der Waals surface area contributed by atoms with Crippen molar-refractivity contribution in [3.63, 3.8) is 0 Å². The lowest BCUT2D eigenvalue weighted by atomic mass is 10.2. The van der Waals surface area contributed by atoms with E-state index in [-0.39, 0.29) is 17.4 Å². The lowest BCUT2D eigenvalue weighted by molar-refractivity contribution is 0.0559. The Labute approximate surface area is 106 Å². The first-order valence-electron chi connectivity index (χ1n) is 6.18. The van der Waals surface area contributed by atoms with Crippen LogP contribution < -0.4 is 5.43 Å². The number of H-pyrrole nitrogens is 1. The molecule has 2 heterocycles. The third kappa shape index (κ3) is 2.98. The Morgan fingerprint density at radius 3 is 3.00 bits per heavy atom. The number of carbonyl (C=O) groups excluding carboxylic acids is 1. The minimum atomic E-state index is -0.145. The maximum absolute atomic E-state index is 12.3. The number of aryl methyl sites for hydroxylation is 1. The number of nitrogens with one attached hydrogen (secondary N) is 1. The predicted octanol–water partition coefficient (Wildman–Crippen LogP) is 0.934. The van der Waals surface area contributed by atoms with Gasteiger partial charge in [-0.05, 0) is 20.3 Å². The summed E-state index contributed by atoms with van der Waals surface area (Å²) in [5.41, 5.74) is 0.910. The number of hydrogen-bond acceptors (Lipinski definition) is 3. The van der Waals surface area contributed by atoms with Crippen molar-refractivity contribution in [2.45, 2.75) is 26.4 Å². The summed E-state index contributed by atoms with van der Waals surface area (Å²) in [7, 11) is 0. The molecule has 5 heteroatoms. The molecule has 1 aromatic rings. The standard InChI is InChI=1S/C13H18N2O3/c1-9-6-11(16)7-12(14-9)13(17)15-4-3-5-18-10(2)8-15/h6-7,10H,3-5,8H2,1-2H3,(H,14,16)/t10-/m1/s1. The molecule has 0 aliphatic carbocycles. The zero-order valence-electron chi connectivity index (χ0n) is 10.7. The highest BCUT2D eigenvalue weighted by Gasteiger charge is 2.21. The Morgan fingerprint density at radius 1 is 1.50 bits per heavy atom. The molecule has 1 amide bonds. The summed E-state index contributed by atoms with van der Waals surface area (Å²) in [5.74, 6) is -0.131. The zero-order valence-corrected chi connectivity index (χ0v) is 10.7. The molecule has 0 radical (unpaired) electrons. The van der Waals surface area contributed by atoms with E-state index in [2.05, 4.69) is 4.98 Å². The minimum absolute atomic E-state index is 0.0352. The molecule has 1 atom stereocenters. The van der Waals surface area contributed by atoms with E-state index in [4.69, 9.17) is 4.74 Å². The first-order chi connectivity index (χ1) is 8.56. The van der Waals surface area contributed by atoms with Gasteiger partial charge in [-0.2, -0.15) is 0 Å². The number of aromatic nitrogens is 1. The maximum Gasteiger partial charge on any atom is 0.270 e. The average molecular weight is 250 g/mol. The van der Waals surface area contributed by atoms with E-state index in [1.807, 2.05) is 6.92 Å². The smallest absolute Gasteiger partial charge is 0.270 e. The number of amides is 1. The Kier molecular flexibility index (Phi) is 3.81. The molecular weight excluding hydrogens is 232 g/mol. The van der Waals surface area contributed by atoms with Crippen molar-refractivity contribution in [2.75, 3.05) is 19.7 Å². The summed E-state index contributed by atoms with van der Waals surface area (Å²) >= 11 is 0. The van der Waals surface area contributed by atoms with Crippen LogP contribution in [0.15, 0.2) is 16.9 Å². The van der Waals surface area contributed by atoms with E-state index in [1.54, 1.807) is 11.8 Å². The largest absolute Gasteiger partial charge is 0.377 e. The lowest BCUT2D eigenvalue weighted by Crippen LogP contribution is -2.36. The molecule has 0 unspecified atom stereocenters. The summed E-state index contributed by atoms with van der Waals surface area (Å²) in [6.07, 6.45) is 0.861. The van der Waals surface area contributed by atoms with Gasteiger partial charge in [0, 0.05) is 37.5 Å². The normalized spacial score (nSPS) is 20.6. The van der Waals surface area contributed by atoms with Crippen molar-refractivity contribution in [3.8, 4) is 0 Å². The van der Waals surface area contributed by atoms with E-state index in [9.17, 15) is 9.59 Å². The van der Waals surface area contributed by atoms with Crippen LogP contribution in [-0.4, -0.2) is 41.6 Å². The highest BCUT2D eigenvalue weighted by atomic mass is 16.5. The van der Waals surface area contributed by atoms with Crippen molar-refractivity contribution in [1.29, 1.82) is 0 Å². The highest BCUT2D eigenvalue weighted by molar-refractivity contribution is 5.92. The Balaban J connectivity index is 2.21. The summed E-state index contributed by atoms with van der Waals surface area (Å²) in [4.78, 5) is 28.4. The molecule has 1 N–H and O–H groups in total. The van der Waals surface area contributed by atoms with Crippen molar-refractivity contribution >= 4 is 5.91 Å². The van der Waals surface area contributed by atoms with Crippen molar-refractivity contribution in [2.24, 2.45) is 0 Å². The third-order valence-electron chi connectivity index (χ3n) is 2.95. The van der Waals surface area contributed by atoms with Crippen LogP contribution in [0.2, 0.25) is 0 Å². The van der Waals surface area contributed by atoms with Crippen LogP contribution in [-0.2, 0) is 4.74 Å². The molecule has 0 saturated carbocycles. The second kappa shape index (κ2) is 5.35. The number of ether oxygens (including phenoxy) is 1. The van der Waals surface area contributed by atoms with Crippen molar-refractivity contribution < 1.29 is 9.53 Å². The van der Waals surface area contributed by atoms with Crippen LogP contribution >= 0.6 is 0 Å². The fourth-order valence-electron chi connectivity index (χ4n) is 2.15. The van der Waals surface area contributed by atoms with Crippen molar-refractivity contribution in [1.82, 2.24) is 9.88 Å². The first kappa shape index (κ1) is 12.8. The monoisotopic (exact) mass is 250 g/mol. The molecule has 1 aliphatic heterocycles. The molecule has 1 aromatic heterocycles. The van der Waals surface area contributed by atoms with E-state index in [0.717, 1.165) is 6.42 Å². The van der Waals surface area contributed by atoms with Gasteiger partial charge in [-0.1, -0.05) is 0 Å². The van der Waals surface area contributed by atoms with Gasteiger partial charge in [0.1, 0.15) is 5.69 Å². The molecule has 0 spiro atoms. The molecule has 2 rings (SSSR count). The fourth-order valence-corrected chi connectivity index (χ4v) is 2.15. The number of rotatable bonds is 1. The Hall–Kier alpha value is -1.62. The van der Waals surface area contributed by atoms with Gasteiger partial charge in [0.25, 0.3) is 5.91 Å². The third-order valence-corrected chi connectivity index (χ3v) is 2.95. The molecule has 1 fully saturated rings. The topological polar surface area (TPSA) is 62.4 Å². The van der Waals surface area contributed by atoms with Crippen LogP contribution in [0.3, 0.4) is 0 Å². The number of hydrogen-bond donors (Lipinski definition) is 1. The van der Waals surface area contributed by atoms with E-state index >= 15 is 0 Å². The van der Waals surface area contributed by atoms with E-state index < -0.39 is 0 Å². The molecular formula is C13H18N2O3. The summed E-state index contributed by atoms with van der Waals surface area (Å²) < 4.78 is 5.50. The van der Waals surface area contributed by atoms with Gasteiger partial charge in [-0.15, -0.1) is 0 Å². The predicted molar refractivity (Wildman–Crippen MR) is 67.7 cm³/mol. The van der Waals surface area contributed by atoms with Gasteiger partial charge in [0.15, 0.2) is 5.43 Å². The van der Waals surface area contributed by atoms with E-state index in [0.29, 0.717) is 31.1 Å². The first-order valence-corrected chi connectivity index (χ1v) is 6.18. The van der Waals surface area contributed by atoms with Crippen LogP contribution in [0.4, 0.5) is 0 Å². The molecule has 1 aliphatic rings. The van der Waals surface area contributed by atoms with Crippen LogP contribution in [0.5, 0.6) is 0 Å². The number of aromatic amines is 1. The minimum Gasteiger partial charge on any atom is -0.377 e. The Bertz CT molecular complexity index is 495. The van der Waals surface area contributed by atoms with Gasteiger partial charge in [0.05, 0.1) is 6.10 Å². The number of pyridine rings is 1. The summed E-state index contributed by atoms with van der Waals surface area (Å²) in [6.45, 7) is 5.63. The molecule has 98 valence electrons. The van der Waals surface area contributed by atoms with Gasteiger partial charge < -0.3 is 14.6 Å². The quantitative estimate of drug-likeness (QED) is 0.806. The number of nitrogens with zero attached hydrogens (tertiary/aromatic N) is 1. The fraction of sp³-hybridized carbons (Fsp3) is 0.538. The summed E-state index contributed by atoms with van der Waals surface area (Å²) in [5, 5.41) is 0. The molecule has 18 heavy (non-hydrogen) atoms.